The van der Waals surface area contributed by atoms with Crippen molar-refractivity contribution in [2.24, 2.45) is 0 Å². The molecule has 4 heteroatoms. The molecule has 0 atom stereocenters. The molecule has 1 nitrogen and oxygen atoms in total. The molecule has 243 valence electrons. The third-order valence-corrected chi connectivity index (χ3v) is 19.0. The van der Waals surface area contributed by atoms with Crippen molar-refractivity contribution in [2.75, 3.05) is 13.2 Å². The fourth-order valence-electron chi connectivity index (χ4n) is 7.62. The van der Waals surface area contributed by atoms with Crippen molar-refractivity contribution in [3.05, 3.63) is 173 Å². The molecule has 0 radical (unpaired) electrons. The topological polar surface area (TPSA) is 9.23 Å². The van der Waals surface area contributed by atoms with Gasteiger partial charge in [-0.15, -0.1) is 0 Å². The first-order valence-corrected chi connectivity index (χ1v) is 23.0. The summed E-state index contributed by atoms with van der Waals surface area (Å²) >= 11 is 1.85. The molecule has 1 saturated heterocycles. The molecule has 2 aliphatic heterocycles. The van der Waals surface area contributed by atoms with Crippen LogP contribution in [0.2, 0.25) is 13.1 Å². The summed E-state index contributed by atoms with van der Waals surface area (Å²) in [7, 11) is -4.41. The van der Waals surface area contributed by atoms with Gasteiger partial charge in [0.25, 0.3) is 0 Å². The van der Waals surface area contributed by atoms with E-state index in [1.807, 2.05) is 17.9 Å². The molecular weight excluding hydrogens is 806 g/mol. The number of benzene rings is 5. The zero-order valence-corrected chi connectivity index (χ0v) is 33.0. The Bertz CT molecular complexity index is 2090. The maximum absolute atomic E-state index is 6.06. The average molecular weight is 847 g/mol. The van der Waals surface area contributed by atoms with Gasteiger partial charge in [-0.25, -0.2) is 0 Å². The molecule has 0 bridgehead atoms. The van der Waals surface area contributed by atoms with Crippen LogP contribution in [0.4, 0.5) is 0 Å². The van der Waals surface area contributed by atoms with Crippen molar-refractivity contribution in [3.63, 3.8) is 0 Å². The number of allylic oxidation sites excluding steroid dienone is 5. The van der Waals surface area contributed by atoms with Gasteiger partial charge in [0, 0.05) is 0 Å². The predicted molar refractivity (Wildman–Crippen MR) is 212 cm³/mol. The number of fused-ring (bicyclic) bond motifs is 3. The standard InChI is InChI=1S/C45H41OPSi.Os/c1-6-17-34-24-26-41-42-27-25-36(30-45(42)48(4,5)44(41)28-34)43(29-37-32-46-31-35(37)7-2)33(3)47(38-18-11-8-12-19-38,39-20-13-9-14-21-39)40-22-15-10-16-23-40;/h6-30H,31-32H2,1-2,4-5H3;/q+1;/b17-6+,35-7?,37-29?,43-33?;. The molecule has 49 heavy (non-hydrogen) atoms. The minimum absolute atomic E-state index is 0.611. The van der Waals surface area contributed by atoms with Crippen LogP contribution < -0.4 is 26.3 Å². The fraction of sp³-hybridized carbons (Fsp3) is 0.133. The second-order valence-electron chi connectivity index (χ2n) is 13.2. The third kappa shape index (κ3) is 5.89. The van der Waals surface area contributed by atoms with Gasteiger partial charge in [0.05, 0.1) is 0 Å². The van der Waals surface area contributed by atoms with Crippen LogP contribution in [-0.4, -0.2) is 21.3 Å². The maximum atomic E-state index is 6.06. The van der Waals surface area contributed by atoms with Crippen molar-refractivity contribution in [1.29, 1.82) is 0 Å². The number of rotatable bonds is 7. The molecule has 2 aliphatic rings. The molecule has 0 aliphatic carbocycles. The first-order valence-electron chi connectivity index (χ1n) is 17.0. The second-order valence-corrected chi connectivity index (χ2v) is 21.5. The van der Waals surface area contributed by atoms with Gasteiger partial charge in [-0.2, -0.15) is 0 Å². The number of hydrogen-bond acceptors (Lipinski definition) is 1. The van der Waals surface area contributed by atoms with Crippen molar-refractivity contribution in [3.8, 4) is 15.5 Å². The summed E-state index contributed by atoms with van der Waals surface area (Å²) < 4.78 is 9.99. The molecule has 0 aromatic heterocycles. The van der Waals surface area contributed by atoms with Crippen LogP contribution in [0.15, 0.2) is 162 Å². The van der Waals surface area contributed by atoms with E-state index < -0.39 is 15.3 Å². The Hall–Kier alpha value is -3.92. The summed E-state index contributed by atoms with van der Waals surface area (Å²) in [6, 6.07) is 47.8. The van der Waals surface area contributed by atoms with Crippen molar-refractivity contribution >= 4 is 53.3 Å². The summed E-state index contributed by atoms with van der Waals surface area (Å²) in [5.74, 6) is 0. The van der Waals surface area contributed by atoms with E-state index in [4.69, 9.17) is 4.74 Å². The molecule has 5 aromatic carbocycles. The Balaban J connectivity index is 1.59. The van der Waals surface area contributed by atoms with E-state index >= 15 is 0 Å². The Morgan fingerprint density at radius 3 is 1.76 bits per heavy atom. The zero-order chi connectivity index (χ0) is 34.0. The SMILES string of the molecule is CC=C1COCC1=CC(=C([C]#[Os])[P+](c1ccccc1)(c1ccccc1)c1ccccc1)c1ccc2c(c1)[Si](C)(C)c1cc(/C=C/C)ccc1-2. The van der Waals surface area contributed by atoms with Crippen LogP contribution in [0.3, 0.4) is 0 Å². The quantitative estimate of drug-likeness (QED) is 0.118. The Labute approximate surface area is 303 Å². The van der Waals surface area contributed by atoms with E-state index in [1.165, 1.54) is 70.6 Å². The molecular formula is C45H41OOsPSi+. The van der Waals surface area contributed by atoms with Crippen LogP contribution in [0, 0.1) is 4.37 Å². The van der Waals surface area contributed by atoms with Crippen molar-refractivity contribution < 1.29 is 22.7 Å². The summed E-state index contributed by atoms with van der Waals surface area (Å²) in [6.45, 7) is 10.5. The number of ether oxygens (including phenoxy) is 1. The monoisotopic (exact) mass is 848 g/mol. The van der Waals surface area contributed by atoms with Gasteiger partial charge < -0.3 is 0 Å². The van der Waals surface area contributed by atoms with Crippen LogP contribution in [-0.2, 0) is 22.7 Å². The summed E-state index contributed by atoms with van der Waals surface area (Å²) in [5.41, 5.74) is 9.05. The van der Waals surface area contributed by atoms with Gasteiger partial charge in [-0.05, 0) is 6.92 Å². The molecule has 0 N–H and O–H groups in total. The van der Waals surface area contributed by atoms with Crippen LogP contribution in [0.5, 0.6) is 0 Å². The van der Waals surface area contributed by atoms with Gasteiger partial charge in [-0.3, -0.25) is 0 Å². The first-order chi connectivity index (χ1) is 23.9. The summed E-state index contributed by atoms with van der Waals surface area (Å²) in [4.78, 5) is 0. The van der Waals surface area contributed by atoms with E-state index in [0.717, 1.165) is 0 Å². The minimum atomic E-state index is -2.42. The molecule has 7 rings (SSSR count). The first kappa shape index (κ1) is 33.6. The average Bonchev–Trinajstić information content (AvgIpc) is 3.69. The van der Waals surface area contributed by atoms with Crippen molar-refractivity contribution in [2.45, 2.75) is 26.9 Å². The molecule has 0 unspecified atom stereocenters. The van der Waals surface area contributed by atoms with Crippen LogP contribution in [0.1, 0.15) is 25.0 Å². The molecule has 0 amide bonds. The van der Waals surface area contributed by atoms with Crippen LogP contribution >= 0.6 is 7.26 Å². The van der Waals surface area contributed by atoms with Gasteiger partial charge in [0.15, 0.2) is 0 Å². The molecule has 0 saturated carbocycles. The molecule has 1 fully saturated rings. The Kier molecular flexibility index (Phi) is 9.69. The fourth-order valence-corrected chi connectivity index (χ4v) is 16.6. The van der Waals surface area contributed by atoms with Gasteiger partial charge >= 0.3 is 298 Å². The Morgan fingerprint density at radius 1 is 0.694 bits per heavy atom. The van der Waals surface area contributed by atoms with Gasteiger partial charge in [0.1, 0.15) is 0 Å². The van der Waals surface area contributed by atoms with Crippen LogP contribution in [0.25, 0.3) is 22.8 Å². The molecule has 0 spiro atoms. The van der Waals surface area contributed by atoms with E-state index in [2.05, 4.69) is 183 Å². The third-order valence-electron chi connectivity index (χ3n) is 10.1. The summed E-state index contributed by atoms with van der Waals surface area (Å²) in [6.07, 6.45) is 9.00. The normalized spacial score (nSPS) is 17.2. The van der Waals surface area contributed by atoms with E-state index in [1.54, 1.807) is 0 Å². The second kappa shape index (κ2) is 14.1. The zero-order valence-electron chi connectivity index (χ0n) is 28.6. The van der Waals surface area contributed by atoms with Gasteiger partial charge in [-0.1, -0.05) is 0 Å². The Morgan fingerprint density at radius 2 is 1.22 bits per heavy atom. The van der Waals surface area contributed by atoms with E-state index in [-0.39, 0.29) is 0 Å². The van der Waals surface area contributed by atoms with Gasteiger partial charge in [0.2, 0.25) is 0 Å². The van der Waals surface area contributed by atoms with E-state index in [9.17, 15) is 0 Å². The predicted octanol–water partition coefficient (Wildman–Crippen LogP) is 8.64. The number of hydrogen-bond donors (Lipinski definition) is 0. The molecule has 2 heterocycles. The van der Waals surface area contributed by atoms with Crippen molar-refractivity contribution in [1.82, 2.24) is 0 Å². The van der Waals surface area contributed by atoms with E-state index in [0.29, 0.717) is 13.2 Å². The summed E-state index contributed by atoms with van der Waals surface area (Å²) in [5, 5.41) is 8.26. The molecule has 5 aromatic rings.